The molecule has 0 aliphatic rings. The van der Waals surface area contributed by atoms with Crippen molar-refractivity contribution >= 4 is 0 Å². The van der Waals surface area contributed by atoms with E-state index in [2.05, 4.69) is 27.7 Å². The Kier molecular flexibility index (Phi) is 23.3. The third-order valence-electron chi connectivity index (χ3n) is 6.72. The van der Waals surface area contributed by atoms with Crippen molar-refractivity contribution in [2.75, 3.05) is 0 Å². The summed E-state index contributed by atoms with van der Waals surface area (Å²) in [5.74, 6) is 1.98. The molecule has 0 aromatic carbocycles. The Labute approximate surface area is 181 Å². The summed E-state index contributed by atoms with van der Waals surface area (Å²) in [6, 6.07) is 0. The second kappa shape index (κ2) is 23.3. The minimum absolute atomic E-state index is 0.955. The summed E-state index contributed by atoms with van der Waals surface area (Å²) in [6.45, 7) is 9.50. The molecule has 0 amide bonds. The first-order chi connectivity index (χ1) is 13.7. The van der Waals surface area contributed by atoms with Gasteiger partial charge in [0.05, 0.1) is 0 Å². The molecule has 0 heteroatoms. The molecule has 0 aliphatic heterocycles. The van der Waals surface area contributed by atoms with Gasteiger partial charge < -0.3 is 0 Å². The van der Waals surface area contributed by atoms with E-state index in [-0.39, 0.29) is 0 Å². The van der Waals surface area contributed by atoms with Crippen LogP contribution in [0.15, 0.2) is 0 Å². The molecule has 1 atom stereocenters. The van der Waals surface area contributed by atoms with E-state index >= 15 is 0 Å². The van der Waals surface area contributed by atoms with Gasteiger partial charge in [0.25, 0.3) is 0 Å². The van der Waals surface area contributed by atoms with Crippen LogP contribution in [0.4, 0.5) is 0 Å². The molecule has 0 spiro atoms. The Hall–Kier alpha value is 0. The van der Waals surface area contributed by atoms with Gasteiger partial charge in [-0.25, -0.2) is 0 Å². The van der Waals surface area contributed by atoms with Crippen molar-refractivity contribution in [3.8, 4) is 0 Å². The van der Waals surface area contributed by atoms with Crippen molar-refractivity contribution in [1.82, 2.24) is 0 Å². The largest absolute Gasteiger partial charge is 0.0654 e. The Morgan fingerprint density at radius 1 is 0.393 bits per heavy atom. The first kappa shape index (κ1) is 28.0. The monoisotopic (exact) mass is 394 g/mol. The third kappa shape index (κ3) is 20.7. The zero-order valence-corrected chi connectivity index (χ0v) is 20.7. The van der Waals surface area contributed by atoms with Crippen LogP contribution >= 0.6 is 0 Å². The number of unbranched alkanes of at least 4 members (excludes halogenated alkanes) is 15. The summed E-state index contributed by atoms with van der Waals surface area (Å²) in [4.78, 5) is 0. The van der Waals surface area contributed by atoms with E-state index in [0.717, 1.165) is 11.8 Å². The molecular weight excluding hydrogens is 336 g/mol. The first-order valence-corrected chi connectivity index (χ1v) is 13.7. The summed E-state index contributed by atoms with van der Waals surface area (Å²) in [6.07, 6.45) is 32.2. The van der Waals surface area contributed by atoms with E-state index in [9.17, 15) is 0 Å². The highest BCUT2D eigenvalue weighted by atomic mass is 14.2. The van der Waals surface area contributed by atoms with Gasteiger partial charge in [0.2, 0.25) is 0 Å². The maximum atomic E-state index is 2.54. The van der Waals surface area contributed by atoms with Gasteiger partial charge in [-0.15, -0.1) is 0 Å². The molecule has 0 fully saturated rings. The van der Waals surface area contributed by atoms with Gasteiger partial charge in [-0.05, 0) is 18.3 Å². The smallest absolute Gasteiger partial charge is 0.0412 e. The minimum atomic E-state index is 0.955. The van der Waals surface area contributed by atoms with Crippen LogP contribution in [-0.4, -0.2) is 0 Å². The second-order valence-electron chi connectivity index (χ2n) is 9.88. The van der Waals surface area contributed by atoms with Crippen LogP contribution in [0.25, 0.3) is 0 Å². The van der Waals surface area contributed by atoms with Crippen LogP contribution in [0.5, 0.6) is 0 Å². The lowest BCUT2D eigenvalue weighted by Gasteiger charge is -2.21. The lowest BCUT2D eigenvalue weighted by molar-refractivity contribution is 0.313. The highest BCUT2D eigenvalue weighted by molar-refractivity contribution is 4.66. The summed E-state index contributed by atoms with van der Waals surface area (Å²) >= 11 is 0. The molecule has 0 heterocycles. The van der Waals surface area contributed by atoms with E-state index in [1.807, 2.05) is 0 Å². The van der Waals surface area contributed by atoms with Gasteiger partial charge in [-0.1, -0.05) is 163 Å². The molecule has 28 heavy (non-hydrogen) atoms. The molecule has 0 bridgehead atoms. The van der Waals surface area contributed by atoms with E-state index < -0.39 is 0 Å². The van der Waals surface area contributed by atoms with Gasteiger partial charge in [-0.2, -0.15) is 0 Å². The van der Waals surface area contributed by atoms with Gasteiger partial charge in [0.15, 0.2) is 0 Å². The van der Waals surface area contributed by atoms with Crippen molar-refractivity contribution in [1.29, 1.82) is 0 Å². The quantitative estimate of drug-likeness (QED) is 0.151. The molecule has 170 valence electrons. The van der Waals surface area contributed by atoms with Crippen molar-refractivity contribution in [3.63, 3.8) is 0 Å². The molecule has 0 rings (SSSR count). The van der Waals surface area contributed by atoms with Crippen LogP contribution in [0, 0.1) is 11.8 Å². The van der Waals surface area contributed by atoms with E-state index in [1.165, 1.54) is 141 Å². The number of rotatable bonds is 23. The maximum absolute atomic E-state index is 2.54. The lowest BCUT2D eigenvalue weighted by atomic mass is 9.85. The van der Waals surface area contributed by atoms with Gasteiger partial charge in [0.1, 0.15) is 0 Å². The molecular formula is C28H58. The Balaban J connectivity index is 3.97. The molecule has 0 nitrogen and oxygen atoms in total. The van der Waals surface area contributed by atoms with Crippen molar-refractivity contribution in [3.05, 3.63) is 0 Å². The first-order valence-electron chi connectivity index (χ1n) is 13.7. The Morgan fingerprint density at radius 2 is 0.714 bits per heavy atom. The predicted octanol–water partition coefficient (Wildman–Crippen LogP) is 10.9. The highest BCUT2D eigenvalue weighted by Crippen LogP contribution is 2.27. The predicted molar refractivity (Wildman–Crippen MR) is 131 cm³/mol. The molecule has 0 saturated carbocycles. The Morgan fingerprint density at radius 3 is 1.11 bits per heavy atom. The summed E-state index contributed by atoms with van der Waals surface area (Å²) in [5.41, 5.74) is 0. The van der Waals surface area contributed by atoms with E-state index in [4.69, 9.17) is 0 Å². The van der Waals surface area contributed by atoms with Crippen LogP contribution in [0.2, 0.25) is 0 Å². The lowest BCUT2D eigenvalue weighted by Crippen LogP contribution is -2.08. The third-order valence-corrected chi connectivity index (χ3v) is 6.72. The Bertz CT molecular complexity index is 253. The zero-order valence-electron chi connectivity index (χ0n) is 20.7. The zero-order chi connectivity index (χ0) is 20.7. The summed E-state index contributed by atoms with van der Waals surface area (Å²) < 4.78 is 0. The molecule has 0 N–H and O–H groups in total. The SMILES string of the molecule is CCCCCCCCC(C)CC(CCCCCCCC)CCCCCCCC. The van der Waals surface area contributed by atoms with Crippen molar-refractivity contribution in [2.45, 2.75) is 169 Å². The molecule has 0 radical (unpaired) electrons. The molecule has 0 aliphatic carbocycles. The average Bonchev–Trinajstić information content (AvgIpc) is 2.69. The molecule has 0 aromatic heterocycles. The van der Waals surface area contributed by atoms with E-state index in [1.54, 1.807) is 0 Å². The highest BCUT2D eigenvalue weighted by Gasteiger charge is 2.13. The topological polar surface area (TPSA) is 0 Å². The fourth-order valence-corrected chi connectivity index (χ4v) is 4.77. The second-order valence-corrected chi connectivity index (χ2v) is 9.88. The summed E-state index contributed by atoms with van der Waals surface area (Å²) in [5, 5.41) is 0. The van der Waals surface area contributed by atoms with Crippen molar-refractivity contribution in [2.24, 2.45) is 11.8 Å². The van der Waals surface area contributed by atoms with Crippen LogP contribution in [-0.2, 0) is 0 Å². The van der Waals surface area contributed by atoms with Gasteiger partial charge in [0, 0.05) is 0 Å². The normalized spacial score (nSPS) is 12.8. The van der Waals surface area contributed by atoms with Gasteiger partial charge in [-0.3, -0.25) is 0 Å². The van der Waals surface area contributed by atoms with E-state index in [0.29, 0.717) is 0 Å². The fraction of sp³-hybridized carbons (Fsp3) is 1.00. The van der Waals surface area contributed by atoms with Gasteiger partial charge >= 0.3 is 0 Å². The van der Waals surface area contributed by atoms with Crippen LogP contribution in [0.3, 0.4) is 0 Å². The molecule has 1 unspecified atom stereocenters. The maximum Gasteiger partial charge on any atom is -0.0412 e. The minimum Gasteiger partial charge on any atom is -0.0654 e. The summed E-state index contributed by atoms with van der Waals surface area (Å²) in [7, 11) is 0. The average molecular weight is 395 g/mol. The van der Waals surface area contributed by atoms with Crippen LogP contribution < -0.4 is 0 Å². The van der Waals surface area contributed by atoms with Crippen molar-refractivity contribution < 1.29 is 0 Å². The number of hydrogen-bond acceptors (Lipinski definition) is 0. The number of hydrogen-bond donors (Lipinski definition) is 0. The molecule has 0 aromatic rings. The fourth-order valence-electron chi connectivity index (χ4n) is 4.77. The standard InChI is InChI=1S/C28H58/c1-5-8-11-14-17-20-23-27(4)26-28(24-21-18-15-12-9-6-2)25-22-19-16-13-10-7-3/h27-28H,5-26H2,1-4H3. The molecule has 0 saturated heterocycles. The van der Waals surface area contributed by atoms with Crippen LogP contribution in [0.1, 0.15) is 169 Å².